The Morgan fingerprint density at radius 3 is 1.38 bits per heavy atom. The monoisotopic (exact) mass is 748 g/mol. The molecule has 0 amide bonds. The summed E-state index contributed by atoms with van der Waals surface area (Å²) in [6, 6.07) is 14.7. The fourth-order valence-corrected chi connectivity index (χ4v) is 6.88. The highest BCUT2D eigenvalue weighted by atomic mass is 19.1. The van der Waals surface area contributed by atoms with Gasteiger partial charge in [0.25, 0.3) is 0 Å². The molecule has 9 rings (SSSR count). The van der Waals surface area contributed by atoms with E-state index < -0.39 is 46.3 Å². The van der Waals surface area contributed by atoms with Gasteiger partial charge < -0.3 is 20.4 Å². The number of halogens is 4. The SMILES string of the molecule is Oc1cc(C2=CC3=CC4=NC(=CC5=NC(=CC6=NC(=C(c7ccc(F)c(O)c7)C2=N3)C(c2ccc(F)c(O)c2)=C6c2ccc(F)c(O)c2)C=C5)C=C4)ccc1F. The van der Waals surface area contributed by atoms with Crippen molar-refractivity contribution < 1.29 is 38.0 Å². The van der Waals surface area contributed by atoms with Crippen LogP contribution in [-0.2, 0) is 0 Å². The summed E-state index contributed by atoms with van der Waals surface area (Å²) >= 11 is 0. The highest BCUT2D eigenvalue weighted by molar-refractivity contribution is 6.50. The molecule has 0 radical (unpaired) electrons. The quantitative estimate of drug-likeness (QED) is 0.155. The van der Waals surface area contributed by atoms with E-state index in [2.05, 4.69) is 4.99 Å². The topological polar surface area (TPSA) is 130 Å². The number of allylic oxidation sites excluding steroid dienone is 12. The van der Waals surface area contributed by atoms with E-state index in [0.29, 0.717) is 45.2 Å². The summed E-state index contributed by atoms with van der Waals surface area (Å²) in [5.74, 6) is -6.29. The maximum atomic E-state index is 14.7. The Morgan fingerprint density at radius 1 is 0.393 bits per heavy atom. The van der Waals surface area contributed by atoms with Gasteiger partial charge in [0.1, 0.15) is 0 Å². The van der Waals surface area contributed by atoms with Gasteiger partial charge >= 0.3 is 0 Å². The second-order valence-corrected chi connectivity index (χ2v) is 13.1. The predicted octanol–water partition coefficient (Wildman–Crippen LogP) is 9.07. The Bertz CT molecular complexity index is 2880. The number of nitrogens with zero attached hydrogens (tertiary/aromatic N) is 4. The highest BCUT2D eigenvalue weighted by Gasteiger charge is 2.34. The largest absolute Gasteiger partial charge is 0.505 e. The minimum atomic E-state index is -0.917. The van der Waals surface area contributed by atoms with Crippen LogP contribution in [0.5, 0.6) is 23.0 Å². The van der Waals surface area contributed by atoms with Crippen molar-refractivity contribution in [1.29, 1.82) is 0 Å². The number of fused-ring (bicyclic) bond motifs is 4. The summed E-state index contributed by atoms with van der Waals surface area (Å²) in [5, 5.41) is 42.5. The molecule has 5 aliphatic rings. The minimum Gasteiger partial charge on any atom is -0.505 e. The molecule has 12 heteroatoms. The average Bonchev–Trinajstić information content (AvgIpc) is 3.98. The van der Waals surface area contributed by atoms with E-state index in [0.717, 1.165) is 24.3 Å². The normalized spacial score (nSPS) is 17.1. The summed E-state index contributed by atoms with van der Waals surface area (Å²) in [6.45, 7) is 0. The number of hydrogen-bond acceptors (Lipinski definition) is 8. The summed E-state index contributed by atoms with van der Waals surface area (Å²) < 4.78 is 58.5. The van der Waals surface area contributed by atoms with E-state index in [1.807, 2.05) is 0 Å². The van der Waals surface area contributed by atoms with Crippen LogP contribution in [0.25, 0.3) is 22.3 Å². The lowest BCUT2D eigenvalue weighted by molar-refractivity contribution is 0.432. The first-order chi connectivity index (χ1) is 27.0. The van der Waals surface area contributed by atoms with Gasteiger partial charge in [-0.05, 0) is 119 Å². The van der Waals surface area contributed by atoms with Crippen molar-refractivity contribution in [1.82, 2.24) is 0 Å². The predicted molar refractivity (Wildman–Crippen MR) is 206 cm³/mol. The first-order valence-corrected chi connectivity index (χ1v) is 17.0. The maximum Gasteiger partial charge on any atom is 0.164 e. The number of hydrogen-bond donors (Lipinski definition) is 4. The van der Waals surface area contributed by atoms with Crippen LogP contribution in [0.3, 0.4) is 0 Å². The van der Waals surface area contributed by atoms with Gasteiger partial charge in [0.05, 0.1) is 45.6 Å². The van der Waals surface area contributed by atoms with Gasteiger partial charge in [0, 0.05) is 22.3 Å². The van der Waals surface area contributed by atoms with E-state index in [-0.39, 0.29) is 45.0 Å². The van der Waals surface area contributed by atoms with Crippen LogP contribution in [0.4, 0.5) is 17.6 Å². The molecule has 0 aliphatic carbocycles. The van der Waals surface area contributed by atoms with Crippen molar-refractivity contribution in [3.05, 3.63) is 190 Å². The number of phenolic OH excluding ortho intramolecular Hbond substituents is 4. The van der Waals surface area contributed by atoms with Crippen molar-refractivity contribution >= 4 is 45.1 Å². The van der Waals surface area contributed by atoms with E-state index in [4.69, 9.17) is 15.0 Å². The van der Waals surface area contributed by atoms with Crippen LogP contribution in [0.2, 0.25) is 0 Å². The molecule has 4 N–H and O–H groups in total. The Labute approximate surface area is 315 Å². The van der Waals surface area contributed by atoms with E-state index >= 15 is 0 Å². The van der Waals surface area contributed by atoms with Gasteiger partial charge in [-0.15, -0.1) is 0 Å². The van der Waals surface area contributed by atoms with Crippen LogP contribution in [-0.4, -0.2) is 43.3 Å². The number of benzene rings is 4. The average molecular weight is 749 g/mol. The van der Waals surface area contributed by atoms with Gasteiger partial charge in [-0.25, -0.2) is 37.5 Å². The molecule has 4 aromatic carbocycles. The lowest BCUT2D eigenvalue weighted by atomic mass is 9.85. The number of phenols is 4. The molecule has 0 saturated carbocycles. The molecule has 0 unspecified atom stereocenters. The third-order valence-electron chi connectivity index (χ3n) is 9.44. The molecule has 5 aliphatic heterocycles. The molecule has 0 atom stereocenters. The van der Waals surface area contributed by atoms with E-state index in [9.17, 15) is 38.0 Å². The summed E-state index contributed by atoms with van der Waals surface area (Å²) in [4.78, 5) is 19.5. The smallest absolute Gasteiger partial charge is 0.164 e. The van der Waals surface area contributed by atoms with Crippen molar-refractivity contribution in [2.75, 3.05) is 0 Å². The molecule has 0 aromatic heterocycles. The third kappa shape index (κ3) is 5.99. The zero-order valence-corrected chi connectivity index (χ0v) is 28.6. The van der Waals surface area contributed by atoms with Crippen LogP contribution in [0.15, 0.2) is 164 Å². The standard InChI is InChI=1S/C44H24F4N4O4/c45-31-9-1-21(13-36(31)53)30-19-29-18-27-6-5-25(49-27)17-26-7-8-28(50-26)20-35-40(22-2-10-32(46)37(54)14-22)41(23-3-11-33(47)38(55)15-23)44(52-35)42(43(30)51-29)24-4-12-34(48)39(56)16-24/h1-20,53-56H. The van der Waals surface area contributed by atoms with Crippen LogP contribution in [0.1, 0.15) is 22.3 Å². The summed E-state index contributed by atoms with van der Waals surface area (Å²) in [5.41, 5.74) is 5.15. The Morgan fingerprint density at radius 2 is 0.839 bits per heavy atom. The van der Waals surface area contributed by atoms with Crippen molar-refractivity contribution in [2.24, 2.45) is 20.0 Å². The van der Waals surface area contributed by atoms with Crippen molar-refractivity contribution in [3.63, 3.8) is 0 Å². The summed E-state index contributed by atoms with van der Waals surface area (Å²) in [6.07, 6.45) is 13.9. The molecule has 4 aromatic rings. The number of rotatable bonds is 4. The molecule has 5 heterocycles. The maximum absolute atomic E-state index is 14.7. The first-order valence-electron chi connectivity index (χ1n) is 17.0. The zero-order valence-electron chi connectivity index (χ0n) is 28.6. The molecule has 0 fully saturated rings. The lowest BCUT2D eigenvalue weighted by Gasteiger charge is -2.18. The molecule has 56 heavy (non-hydrogen) atoms. The fraction of sp³-hybridized carbons (Fsp3) is 0. The lowest BCUT2D eigenvalue weighted by Crippen LogP contribution is -2.07. The highest BCUT2D eigenvalue weighted by Crippen LogP contribution is 2.48. The summed E-state index contributed by atoms with van der Waals surface area (Å²) in [7, 11) is 0. The third-order valence-corrected chi connectivity index (χ3v) is 9.44. The Hall–Kier alpha value is -7.60. The van der Waals surface area contributed by atoms with E-state index in [1.165, 1.54) is 48.5 Å². The van der Waals surface area contributed by atoms with Crippen molar-refractivity contribution in [3.8, 4) is 23.0 Å². The Balaban J connectivity index is 1.46. The van der Waals surface area contributed by atoms with Gasteiger partial charge in [0.15, 0.2) is 46.3 Å². The molecular formula is C44H24F4N4O4. The second-order valence-electron chi connectivity index (χ2n) is 13.1. The zero-order chi connectivity index (χ0) is 38.8. The van der Waals surface area contributed by atoms with Gasteiger partial charge in [0.2, 0.25) is 0 Å². The molecule has 8 nitrogen and oxygen atoms in total. The molecule has 272 valence electrons. The number of aliphatic imine (C=N–C) groups is 4. The molecule has 0 spiro atoms. The molecular weight excluding hydrogens is 724 g/mol. The fourth-order valence-electron chi connectivity index (χ4n) is 6.88. The van der Waals surface area contributed by atoms with Crippen LogP contribution >= 0.6 is 0 Å². The van der Waals surface area contributed by atoms with Crippen molar-refractivity contribution in [2.45, 2.75) is 0 Å². The van der Waals surface area contributed by atoms with Gasteiger partial charge in [-0.1, -0.05) is 24.3 Å². The Kier molecular flexibility index (Phi) is 7.97. The van der Waals surface area contributed by atoms with Crippen LogP contribution < -0.4 is 0 Å². The van der Waals surface area contributed by atoms with E-state index in [1.54, 1.807) is 48.6 Å². The second kappa shape index (κ2) is 13.1. The number of aromatic hydroxyl groups is 4. The van der Waals surface area contributed by atoms with Gasteiger partial charge in [-0.2, -0.15) is 0 Å². The molecule has 0 saturated heterocycles. The van der Waals surface area contributed by atoms with Crippen LogP contribution in [0, 0.1) is 23.3 Å². The molecule has 8 bridgehead atoms. The van der Waals surface area contributed by atoms with Gasteiger partial charge in [-0.3, -0.25) is 0 Å². The first kappa shape index (κ1) is 34.2. The minimum absolute atomic E-state index is 0.114.